The van der Waals surface area contributed by atoms with Gasteiger partial charge in [-0.2, -0.15) is 0 Å². The van der Waals surface area contributed by atoms with Crippen molar-refractivity contribution < 1.29 is 4.74 Å². The summed E-state index contributed by atoms with van der Waals surface area (Å²) in [5.41, 5.74) is 2.76. The van der Waals surface area contributed by atoms with Crippen molar-refractivity contribution in [1.29, 1.82) is 0 Å². The Balaban J connectivity index is 2.12. The van der Waals surface area contributed by atoms with Crippen LogP contribution in [0.5, 0.6) is 0 Å². The average molecular weight is 262 g/mol. The van der Waals surface area contributed by atoms with Crippen LogP contribution in [0.25, 0.3) is 0 Å². The molecule has 2 unspecified atom stereocenters. The Hall–Kier alpha value is -1.06. The highest BCUT2D eigenvalue weighted by atomic mass is 16.5. The fourth-order valence-corrected chi connectivity index (χ4v) is 2.75. The summed E-state index contributed by atoms with van der Waals surface area (Å²) in [6.07, 6.45) is 2.68. The lowest BCUT2D eigenvalue weighted by molar-refractivity contribution is 0.121. The Morgan fingerprint density at radius 2 is 2.21 bits per heavy atom. The van der Waals surface area contributed by atoms with E-state index >= 15 is 0 Å². The molecule has 0 spiro atoms. The Bertz CT molecular complexity index is 394. The molecule has 0 radical (unpaired) electrons. The van der Waals surface area contributed by atoms with E-state index in [0.717, 1.165) is 26.1 Å². The lowest BCUT2D eigenvalue weighted by Gasteiger charge is -2.25. The van der Waals surface area contributed by atoms with E-state index in [1.165, 1.54) is 17.7 Å². The maximum Gasteiger partial charge on any atom is 0.0762 e. The van der Waals surface area contributed by atoms with Gasteiger partial charge in [0, 0.05) is 31.9 Å². The van der Waals surface area contributed by atoms with Gasteiger partial charge in [-0.25, -0.2) is 0 Å². The summed E-state index contributed by atoms with van der Waals surface area (Å²) in [4.78, 5) is 2.45. The predicted molar refractivity (Wildman–Crippen MR) is 80.8 cm³/mol. The molecule has 3 nitrogen and oxygen atoms in total. The van der Waals surface area contributed by atoms with Crippen LogP contribution in [-0.4, -0.2) is 32.8 Å². The summed E-state index contributed by atoms with van der Waals surface area (Å²) in [6.45, 7) is 7.62. The van der Waals surface area contributed by atoms with Crippen LogP contribution in [0, 0.1) is 0 Å². The zero-order valence-corrected chi connectivity index (χ0v) is 12.4. The number of para-hydroxylation sites is 1. The van der Waals surface area contributed by atoms with Crippen molar-refractivity contribution in [3.05, 3.63) is 29.8 Å². The van der Waals surface area contributed by atoms with Gasteiger partial charge in [0.05, 0.1) is 6.10 Å². The Morgan fingerprint density at radius 3 is 2.89 bits per heavy atom. The number of hydrogen-bond acceptors (Lipinski definition) is 3. The van der Waals surface area contributed by atoms with Crippen molar-refractivity contribution in [1.82, 2.24) is 5.32 Å². The molecule has 1 aromatic rings. The van der Waals surface area contributed by atoms with Gasteiger partial charge in [0.2, 0.25) is 0 Å². The normalized spacial score (nSPS) is 20.8. The number of nitrogens with zero attached hydrogens (tertiary/aromatic N) is 1. The zero-order chi connectivity index (χ0) is 13.7. The molecular formula is C16H26N2O. The fourth-order valence-electron chi connectivity index (χ4n) is 2.75. The number of hydrogen-bond donors (Lipinski definition) is 1. The van der Waals surface area contributed by atoms with Crippen LogP contribution in [-0.2, 0) is 4.74 Å². The molecule has 1 heterocycles. The molecule has 2 atom stereocenters. The average Bonchev–Trinajstić information content (AvgIpc) is 2.93. The summed E-state index contributed by atoms with van der Waals surface area (Å²) in [6, 6.07) is 9.14. The quantitative estimate of drug-likeness (QED) is 0.853. The minimum Gasteiger partial charge on any atom is -0.380 e. The smallest absolute Gasteiger partial charge is 0.0762 e. The molecule has 2 rings (SSSR count). The van der Waals surface area contributed by atoms with Crippen molar-refractivity contribution in [2.75, 3.05) is 31.6 Å². The number of benzene rings is 1. The Kier molecular flexibility index (Phi) is 5.23. The molecule has 1 N–H and O–H groups in total. The van der Waals surface area contributed by atoms with Crippen LogP contribution in [0.2, 0.25) is 0 Å². The van der Waals surface area contributed by atoms with E-state index in [-0.39, 0.29) is 0 Å². The van der Waals surface area contributed by atoms with Gasteiger partial charge in [-0.05, 0) is 37.9 Å². The highest BCUT2D eigenvalue weighted by molar-refractivity contribution is 5.55. The van der Waals surface area contributed by atoms with E-state index in [0.29, 0.717) is 12.1 Å². The van der Waals surface area contributed by atoms with E-state index in [4.69, 9.17) is 4.74 Å². The van der Waals surface area contributed by atoms with E-state index in [1.54, 1.807) is 0 Å². The topological polar surface area (TPSA) is 24.5 Å². The molecule has 1 fully saturated rings. The fraction of sp³-hybridized carbons (Fsp3) is 0.625. The minimum atomic E-state index is 0.381. The van der Waals surface area contributed by atoms with Gasteiger partial charge in [-0.1, -0.05) is 25.1 Å². The van der Waals surface area contributed by atoms with Gasteiger partial charge in [-0.3, -0.25) is 0 Å². The number of methoxy groups -OCH3 is 1. The summed E-state index contributed by atoms with van der Waals surface area (Å²) in [7, 11) is 1.81. The molecule has 0 aromatic heterocycles. The second kappa shape index (κ2) is 6.92. The van der Waals surface area contributed by atoms with Crippen molar-refractivity contribution in [2.24, 2.45) is 0 Å². The van der Waals surface area contributed by atoms with Gasteiger partial charge < -0.3 is 15.0 Å². The molecule has 1 aliphatic heterocycles. The summed E-state index contributed by atoms with van der Waals surface area (Å²) in [5.74, 6) is 0. The third-order valence-electron chi connectivity index (χ3n) is 3.92. The van der Waals surface area contributed by atoms with Crippen molar-refractivity contribution in [3.63, 3.8) is 0 Å². The van der Waals surface area contributed by atoms with Crippen molar-refractivity contribution >= 4 is 5.69 Å². The molecule has 1 saturated heterocycles. The molecule has 19 heavy (non-hydrogen) atoms. The summed E-state index contributed by atoms with van der Waals surface area (Å²) < 4.78 is 5.47. The monoisotopic (exact) mass is 262 g/mol. The number of ether oxygens (including phenoxy) is 1. The molecule has 106 valence electrons. The zero-order valence-electron chi connectivity index (χ0n) is 12.4. The highest BCUT2D eigenvalue weighted by Crippen LogP contribution is 2.29. The molecule has 1 aliphatic rings. The van der Waals surface area contributed by atoms with E-state index < -0.39 is 0 Å². The van der Waals surface area contributed by atoms with Crippen LogP contribution >= 0.6 is 0 Å². The van der Waals surface area contributed by atoms with Gasteiger partial charge in [-0.15, -0.1) is 0 Å². The third-order valence-corrected chi connectivity index (χ3v) is 3.92. The van der Waals surface area contributed by atoms with Gasteiger partial charge >= 0.3 is 0 Å². The molecule has 3 heteroatoms. The molecule has 1 aromatic carbocycles. The van der Waals surface area contributed by atoms with Gasteiger partial charge in [0.1, 0.15) is 0 Å². The first-order valence-corrected chi connectivity index (χ1v) is 7.36. The first-order chi connectivity index (χ1) is 9.26. The van der Waals surface area contributed by atoms with Gasteiger partial charge in [0.15, 0.2) is 0 Å². The first-order valence-electron chi connectivity index (χ1n) is 7.36. The van der Waals surface area contributed by atoms with Crippen LogP contribution in [0.3, 0.4) is 0 Å². The third kappa shape index (κ3) is 3.48. The Labute approximate surface area is 116 Å². The van der Waals surface area contributed by atoms with Crippen molar-refractivity contribution in [2.45, 2.75) is 38.8 Å². The minimum absolute atomic E-state index is 0.381. The molecule has 0 amide bonds. The van der Waals surface area contributed by atoms with E-state index in [1.807, 2.05) is 7.11 Å². The van der Waals surface area contributed by atoms with Crippen LogP contribution < -0.4 is 10.2 Å². The van der Waals surface area contributed by atoms with Gasteiger partial charge in [0.25, 0.3) is 0 Å². The second-order valence-corrected chi connectivity index (χ2v) is 5.33. The highest BCUT2D eigenvalue weighted by Gasteiger charge is 2.24. The maximum atomic E-state index is 5.47. The van der Waals surface area contributed by atoms with Crippen LogP contribution in [0.1, 0.15) is 38.3 Å². The molecule has 0 saturated carbocycles. The summed E-state index contributed by atoms with van der Waals surface area (Å²) in [5, 5.41) is 3.58. The molecular weight excluding hydrogens is 236 g/mol. The number of rotatable bonds is 6. The largest absolute Gasteiger partial charge is 0.380 e. The predicted octanol–water partition coefficient (Wildman–Crippen LogP) is 2.97. The lowest BCUT2D eigenvalue weighted by atomic mass is 10.1. The Morgan fingerprint density at radius 1 is 1.42 bits per heavy atom. The second-order valence-electron chi connectivity index (χ2n) is 5.33. The van der Waals surface area contributed by atoms with E-state index in [9.17, 15) is 0 Å². The maximum absolute atomic E-state index is 5.47. The lowest BCUT2D eigenvalue weighted by Crippen LogP contribution is -2.26. The number of nitrogens with one attached hydrogen (secondary N) is 1. The van der Waals surface area contributed by atoms with E-state index in [2.05, 4.69) is 48.3 Å². The van der Waals surface area contributed by atoms with Crippen LogP contribution in [0.4, 0.5) is 5.69 Å². The van der Waals surface area contributed by atoms with Crippen molar-refractivity contribution in [3.8, 4) is 0 Å². The molecule has 0 aliphatic carbocycles. The standard InChI is InChI=1S/C16H26N2O/c1-4-10-17-13(2)15-7-5-6-8-16(15)18-11-9-14(12-18)19-3/h5-8,13-14,17H,4,9-12H2,1-3H3. The molecule has 0 bridgehead atoms. The van der Waals surface area contributed by atoms with Crippen LogP contribution in [0.15, 0.2) is 24.3 Å². The first kappa shape index (κ1) is 14.4. The SMILES string of the molecule is CCCNC(C)c1ccccc1N1CCC(OC)C1. The number of anilines is 1. The summed E-state index contributed by atoms with van der Waals surface area (Å²) >= 11 is 0.